The average Bonchev–Trinajstić information content (AvgIpc) is 1.99. The van der Waals surface area contributed by atoms with Crippen LogP contribution in [0.25, 0.3) is 0 Å². The molecule has 0 radical (unpaired) electrons. The lowest BCUT2D eigenvalue weighted by atomic mass is 9.82. The van der Waals surface area contributed by atoms with E-state index in [1.807, 2.05) is 6.07 Å². The molecule has 3 nitrogen and oxygen atoms in total. The molecule has 1 aliphatic rings. The lowest BCUT2D eigenvalue weighted by molar-refractivity contribution is 0.410. The van der Waals surface area contributed by atoms with Gasteiger partial charge in [-0.05, 0) is 37.1 Å². The minimum atomic E-state index is 0.359. The molecule has 0 saturated heterocycles. The zero-order valence-electron chi connectivity index (χ0n) is 8.04. The van der Waals surface area contributed by atoms with Gasteiger partial charge in [0.1, 0.15) is 0 Å². The van der Waals surface area contributed by atoms with Gasteiger partial charge in [0, 0.05) is 23.7 Å². The third kappa shape index (κ3) is 2.04. The van der Waals surface area contributed by atoms with Gasteiger partial charge >= 0.3 is 0 Å². The van der Waals surface area contributed by atoms with Gasteiger partial charge in [-0.3, -0.25) is 0 Å². The van der Waals surface area contributed by atoms with Gasteiger partial charge in [0.25, 0.3) is 0 Å². The molecule has 0 aliphatic heterocycles. The van der Waals surface area contributed by atoms with Gasteiger partial charge in [0.2, 0.25) is 5.28 Å². The molecule has 2 N–H and O–H groups in total. The molecule has 1 aromatic heterocycles. The van der Waals surface area contributed by atoms with Crippen LogP contribution in [0, 0.1) is 0 Å². The van der Waals surface area contributed by atoms with Crippen molar-refractivity contribution in [1.82, 2.24) is 9.97 Å². The van der Waals surface area contributed by atoms with Crippen molar-refractivity contribution in [2.45, 2.75) is 31.6 Å². The Hall–Kier alpha value is -0.670. The second kappa shape index (κ2) is 4.24. The zero-order valence-corrected chi connectivity index (χ0v) is 8.80. The first-order valence-corrected chi connectivity index (χ1v) is 5.41. The smallest absolute Gasteiger partial charge is 0.222 e. The molecule has 1 aliphatic carbocycles. The Kier molecular flexibility index (Phi) is 2.99. The van der Waals surface area contributed by atoms with Crippen LogP contribution in [0.3, 0.4) is 0 Å². The molecule has 1 fully saturated rings. The van der Waals surface area contributed by atoms with Crippen molar-refractivity contribution < 1.29 is 0 Å². The molecule has 0 aromatic carbocycles. The molecule has 0 spiro atoms. The monoisotopic (exact) mass is 211 g/mol. The number of nitrogens with zero attached hydrogens (tertiary/aromatic N) is 2. The second-order valence-electron chi connectivity index (χ2n) is 3.72. The van der Waals surface area contributed by atoms with Crippen LogP contribution in [-0.2, 0) is 6.42 Å². The molecule has 14 heavy (non-hydrogen) atoms. The van der Waals surface area contributed by atoms with E-state index in [1.165, 1.54) is 19.3 Å². The zero-order chi connectivity index (χ0) is 9.97. The van der Waals surface area contributed by atoms with Gasteiger partial charge in [0.15, 0.2) is 0 Å². The third-order valence-electron chi connectivity index (χ3n) is 2.70. The molecule has 4 heteroatoms. The average molecular weight is 212 g/mol. The van der Waals surface area contributed by atoms with Crippen molar-refractivity contribution in [3.8, 4) is 0 Å². The molecule has 2 rings (SSSR count). The van der Waals surface area contributed by atoms with E-state index < -0.39 is 0 Å². The van der Waals surface area contributed by atoms with E-state index in [0.717, 1.165) is 17.8 Å². The fraction of sp³-hybridized carbons (Fsp3) is 0.600. The predicted molar refractivity (Wildman–Crippen MR) is 56.4 cm³/mol. The molecule has 76 valence electrons. The Morgan fingerprint density at radius 3 is 2.79 bits per heavy atom. The first-order chi connectivity index (χ1) is 6.79. The van der Waals surface area contributed by atoms with Crippen LogP contribution < -0.4 is 5.73 Å². The van der Waals surface area contributed by atoms with Crippen molar-refractivity contribution >= 4 is 11.6 Å². The number of halogens is 1. The van der Waals surface area contributed by atoms with Crippen molar-refractivity contribution in [1.29, 1.82) is 0 Å². The number of hydrogen-bond donors (Lipinski definition) is 1. The molecule has 0 atom stereocenters. The minimum Gasteiger partial charge on any atom is -0.330 e. The van der Waals surface area contributed by atoms with Crippen molar-refractivity contribution in [2.75, 3.05) is 6.54 Å². The highest BCUT2D eigenvalue weighted by Crippen LogP contribution is 2.35. The summed E-state index contributed by atoms with van der Waals surface area (Å²) in [6, 6.07) is 2.04. The van der Waals surface area contributed by atoms with E-state index in [4.69, 9.17) is 17.3 Å². The van der Waals surface area contributed by atoms with Crippen LogP contribution in [0.15, 0.2) is 6.07 Å². The topological polar surface area (TPSA) is 51.8 Å². The summed E-state index contributed by atoms with van der Waals surface area (Å²) in [4.78, 5) is 8.39. The summed E-state index contributed by atoms with van der Waals surface area (Å²) >= 11 is 5.85. The van der Waals surface area contributed by atoms with Crippen LogP contribution >= 0.6 is 11.6 Å². The molecule has 0 bridgehead atoms. The SMILES string of the molecule is NCCc1cc(C2CCC2)nc(Cl)n1. The standard InChI is InChI=1S/C10H14ClN3/c11-10-13-8(4-5-12)6-9(14-10)7-2-1-3-7/h6-7H,1-5,12H2. The largest absolute Gasteiger partial charge is 0.330 e. The summed E-state index contributed by atoms with van der Waals surface area (Å²) in [5, 5.41) is 0.359. The molecule has 0 unspecified atom stereocenters. The van der Waals surface area contributed by atoms with Crippen LogP contribution in [0.1, 0.15) is 36.6 Å². The van der Waals surface area contributed by atoms with Gasteiger partial charge in [-0.1, -0.05) is 6.42 Å². The molecular weight excluding hydrogens is 198 g/mol. The summed E-state index contributed by atoms with van der Waals surface area (Å²) in [5.41, 5.74) is 7.54. The summed E-state index contributed by atoms with van der Waals surface area (Å²) in [6.07, 6.45) is 4.55. The van der Waals surface area contributed by atoms with E-state index in [1.54, 1.807) is 0 Å². The van der Waals surface area contributed by atoms with Gasteiger partial charge < -0.3 is 5.73 Å². The molecule has 0 amide bonds. The summed E-state index contributed by atoms with van der Waals surface area (Å²) in [7, 11) is 0. The normalized spacial score (nSPS) is 16.7. The van der Waals surface area contributed by atoms with Crippen LogP contribution in [0.2, 0.25) is 5.28 Å². The number of aromatic nitrogens is 2. The third-order valence-corrected chi connectivity index (χ3v) is 2.86. The van der Waals surface area contributed by atoms with E-state index in [0.29, 0.717) is 17.7 Å². The fourth-order valence-corrected chi connectivity index (χ4v) is 1.88. The maximum Gasteiger partial charge on any atom is 0.222 e. The van der Waals surface area contributed by atoms with Gasteiger partial charge in [-0.2, -0.15) is 0 Å². The molecule has 1 aromatic rings. The van der Waals surface area contributed by atoms with Crippen LogP contribution in [0.5, 0.6) is 0 Å². The van der Waals surface area contributed by atoms with Crippen LogP contribution in [0.4, 0.5) is 0 Å². The van der Waals surface area contributed by atoms with E-state index in [-0.39, 0.29) is 0 Å². The van der Waals surface area contributed by atoms with Gasteiger partial charge in [-0.15, -0.1) is 0 Å². The maximum absolute atomic E-state index is 5.85. The van der Waals surface area contributed by atoms with Gasteiger partial charge in [0.05, 0.1) is 0 Å². The molecular formula is C10H14ClN3. The number of rotatable bonds is 3. The van der Waals surface area contributed by atoms with Crippen LogP contribution in [-0.4, -0.2) is 16.5 Å². The summed E-state index contributed by atoms with van der Waals surface area (Å²) in [6.45, 7) is 0.609. The highest BCUT2D eigenvalue weighted by Gasteiger charge is 2.21. The number of nitrogens with two attached hydrogens (primary N) is 1. The maximum atomic E-state index is 5.85. The first-order valence-electron chi connectivity index (χ1n) is 5.03. The highest BCUT2D eigenvalue weighted by molar-refractivity contribution is 6.28. The number of hydrogen-bond acceptors (Lipinski definition) is 3. The highest BCUT2D eigenvalue weighted by atomic mass is 35.5. The molecule has 1 heterocycles. The van der Waals surface area contributed by atoms with Crippen molar-refractivity contribution in [2.24, 2.45) is 5.73 Å². The Balaban J connectivity index is 2.21. The Morgan fingerprint density at radius 1 is 1.43 bits per heavy atom. The summed E-state index contributed by atoms with van der Waals surface area (Å²) in [5.74, 6) is 0.604. The lowest BCUT2D eigenvalue weighted by Gasteiger charge is -2.24. The molecule has 1 saturated carbocycles. The van der Waals surface area contributed by atoms with E-state index in [2.05, 4.69) is 9.97 Å². The quantitative estimate of drug-likeness (QED) is 0.777. The van der Waals surface area contributed by atoms with Crippen molar-refractivity contribution in [3.05, 3.63) is 22.7 Å². The van der Waals surface area contributed by atoms with E-state index in [9.17, 15) is 0 Å². The Morgan fingerprint density at radius 2 is 2.21 bits per heavy atom. The second-order valence-corrected chi connectivity index (χ2v) is 4.06. The fourth-order valence-electron chi connectivity index (χ4n) is 1.67. The minimum absolute atomic E-state index is 0.359. The first kappa shape index (κ1) is 9.87. The predicted octanol–water partition coefficient (Wildman–Crippen LogP) is 1.90. The van der Waals surface area contributed by atoms with Gasteiger partial charge in [-0.25, -0.2) is 9.97 Å². The Bertz CT molecular complexity index is 323. The summed E-state index contributed by atoms with van der Waals surface area (Å²) < 4.78 is 0. The van der Waals surface area contributed by atoms with Crippen molar-refractivity contribution in [3.63, 3.8) is 0 Å². The van der Waals surface area contributed by atoms with E-state index >= 15 is 0 Å². The Labute approximate surface area is 88.7 Å². The lowest BCUT2D eigenvalue weighted by Crippen LogP contribution is -2.13.